The lowest BCUT2D eigenvalue weighted by atomic mass is 10.1. The average Bonchev–Trinajstić information content (AvgIpc) is 2.60. The standard InChI is InChI=1S/C19H15ClFN3O/c1-12-2-4-13(5-3-12)19(25)24-15-7-9-18(22-11-15)23-14-6-8-17(21)16(20)10-14/h2-11H,1H3,(H,22,23)(H,24,25). The summed E-state index contributed by atoms with van der Waals surface area (Å²) in [6.07, 6.45) is 1.54. The maximum absolute atomic E-state index is 13.2. The summed E-state index contributed by atoms with van der Waals surface area (Å²) >= 11 is 5.75. The van der Waals surface area contributed by atoms with Crippen LogP contribution in [-0.2, 0) is 0 Å². The Morgan fingerprint density at radius 3 is 2.40 bits per heavy atom. The van der Waals surface area contributed by atoms with Crippen molar-refractivity contribution >= 4 is 34.7 Å². The molecular weight excluding hydrogens is 341 g/mol. The predicted octanol–water partition coefficient (Wildman–Crippen LogP) is 5.18. The number of amides is 1. The molecule has 1 heterocycles. The fourth-order valence-electron chi connectivity index (χ4n) is 2.17. The zero-order valence-electron chi connectivity index (χ0n) is 13.4. The average molecular weight is 356 g/mol. The first-order valence-electron chi connectivity index (χ1n) is 7.57. The summed E-state index contributed by atoms with van der Waals surface area (Å²) in [7, 11) is 0. The lowest BCUT2D eigenvalue weighted by Crippen LogP contribution is -2.12. The Morgan fingerprint density at radius 2 is 1.76 bits per heavy atom. The van der Waals surface area contributed by atoms with Gasteiger partial charge in [-0.15, -0.1) is 0 Å². The highest BCUT2D eigenvalue weighted by Crippen LogP contribution is 2.22. The number of halogens is 2. The molecule has 0 spiro atoms. The Morgan fingerprint density at radius 1 is 1.04 bits per heavy atom. The molecule has 0 bridgehead atoms. The first-order valence-corrected chi connectivity index (χ1v) is 7.95. The second-order valence-corrected chi connectivity index (χ2v) is 5.91. The quantitative estimate of drug-likeness (QED) is 0.678. The molecule has 6 heteroatoms. The van der Waals surface area contributed by atoms with Crippen LogP contribution in [0.15, 0.2) is 60.8 Å². The van der Waals surface area contributed by atoms with Crippen LogP contribution in [0.1, 0.15) is 15.9 Å². The molecule has 0 aliphatic rings. The second-order valence-electron chi connectivity index (χ2n) is 5.51. The minimum absolute atomic E-state index is 0.0342. The molecule has 25 heavy (non-hydrogen) atoms. The molecular formula is C19H15ClFN3O. The largest absolute Gasteiger partial charge is 0.340 e. The van der Waals surface area contributed by atoms with Gasteiger partial charge in [-0.1, -0.05) is 29.3 Å². The molecule has 1 aromatic heterocycles. The maximum atomic E-state index is 13.2. The maximum Gasteiger partial charge on any atom is 0.255 e. The molecule has 0 unspecified atom stereocenters. The molecule has 0 saturated heterocycles. The number of hydrogen-bond acceptors (Lipinski definition) is 3. The van der Waals surface area contributed by atoms with E-state index in [0.29, 0.717) is 22.8 Å². The van der Waals surface area contributed by atoms with E-state index in [4.69, 9.17) is 11.6 Å². The normalized spacial score (nSPS) is 10.4. The van der Waals surface area contributed by atoms with Crippen LogP contribution >= 0.6 is 11.6 Å². The lowest BCUT2D eigenvalue weighted by Gasteiger charge is -2.08. The summed E-state index contributed by atoms with van der Waals surface area (Å²) in [5.41, 5.74) is 2.87. The van der Waals surface area contributed by atoms with Crippen molar-refractivity contribution in [1.29, 1.82) is 0 Å². The fourth-order valence-corrected chi connectivity index (χ4v) is 2.35. The van der Waals surface area contributed by atoms with Crippen LogP contribution in [0.25, 0.3) is 0 Å². The van der Waals surface area contributed by atoms with E-state index in [1.54, 1.807) is 36.5 Å². The van der Waals surface area contributed by atoms with Crippen molar-refractivity contribution in [2.45, 2.75) is 6.92 Å². The third-order valence-electron chi connectivity index (χ3n) is 3.53. The van der Waals surface area contributed by atoms with Gasteiger partial charge in [0.1, 0.15) is 11.6 Å². The van der Waals surface area contributed by atoms with Crippen LogP contribution in [-0.4, -0.2) is 10.9 Å². The fraction of sp³-hybridized carbons (Fsp3) is 0.0526. The van der Waals surface area contributed by atoms with Crippen LogP contribution in [0.3, 0.4) is 0 Å². The first-order chi connectivity index (χ1) is 12.0. The number of nitrogens with one attached hydrogen (secondary N) is 2. The summed E-state index contributed by atoms with van der Waals surface area (Å²) in [5.74, 6) is -0.127. The minimum Gasteiger partial charge on any atom is -0.340 e. The number of nitrogens with zero attached hydrogens (tertiary/aromatic N) is 1. The van der Waals surface area contributed by atoms with Crippen molar-refractivity contribution in [3.8, 4) is 0 Å². The van der Waals surface area contributed by atoms with Crippen molar-refractivity contribution in [3.05, 3.63) is 82.8 Å². The van der Waals surface area contributed by atoms with Gasteiger partial charge in [-0.25, -0.2) is 9.37 Å². The second kappa shape index (κ2) is 7.32. The Labute approximate surface area is 149 Å². The number of carbonyl (C=O) groups is 1. The van der Waals surface area contributed by atoms with Crippen LogP contribution in [0.5, 0.6) is 0 Å². The van der Waals surface area contributed by atoms with Gasteiger partial charge in [0.15, 0.2) is 0 Å². The number of rotatable bonds is 4. The lowest BCUT2D eigenvalue weighted by molar-refractivity contribution is 0.102. The van der Waals surface area contributed by atoms with Gasteiger partial charge in [-0.2, -0.15) is 0 Å². The number of benzene rings is 2. The molecule has 0 atom stereocenters. The van der Waals surface area contributed by atoms with Crippen LogP contribution < -0.4 is 10.6 Å². The summed E-state index contributed by atoms with van der Waals surface area (Å²) < 4.78 is 13.2. The summed E-state index contributed by atoms with van der Waals surface area (Å²) in [4.78, 5) is 16.4. The Balaban J connectivity index is 1.66. The van der Waals surface area contributed by atoms with Crippen molar-refractivity contribution in [1.82, 2.24) is 4.98 Å². The van der Waals surface area contributed by atoms with Gasteiger partial charge in [-0.05, 0) is 49.4 Å². The van der Waals surface area contributed by atoms with Gasteiger partial charge in [-0.3, -0.25) is 4.79 Å². The van der Waals surface area contributed by atoms with Crippen LogP contribution in [0.4, 0.5) is 21.6 Å². The highest BCUT2D eigenvalue weighted by atomic mass is 35.5. The Hall–Kier alpha value is -2.92. The van der Waals surface area contributed by atoms with Gasteiger partial charge >= 0.3 is 0 Å². The molecule has 0 fully saturated rings. The van der Waals surface area contributed by atoms with E-state index < -0.39 is 5.82 Å². The van der Waals surface area contributed by atoms with Crippen molar-refractivity contribution in [3.63, 3.8) is 0 Å². The molecule has 0 saturated carbocycles. The summed E-state index contributed by atoms with van der Waals surface area (Å²) in [6, 6.07) is 15.1. The number of aromatic nitrogens is 1. The Kier molecular flexibility index (Phi) is 4.95. The zero-order valence-corrected chi connectivity index (χ0v) is 14.1. The Bertz CT molecular complexity index is 896. The summed E-state index contributed by atoms with van der Waals surface area (Å²) in [5, 5.41) is 5.84. The van der Waals surface area contributed by atoms with E-state index in [9.17, 15) is 9.18 Å². The van der Waals surface area contributed by atoms with Gasteiger partial charge in [0, 0.05) is 11.3 Å². The number of anilines is 3. The number of hydrogen-bond donors (Lipinski definition) is 2. The zero-order chi connectivity index (χ0) is 17.8. The molecule has 0 aliphatic heterocycles. The SMILES string of the molecule is Cc1ccc(C(=O)Nc2ccc(Nc3ccc(F)c(Cl)c3)nc2)cc1. The van der Waals surface area contributed by atoms with Crippen molar-refractivity contribution < 1.29 is 9.18 Å². The molecule has 1 amide bonds. The number of pyridine rings is 1. The third-order valence-corrected chi connectivity index (χ3v) is 3.82. The van der Waals surface area contributed by atoms with Gasteiger partial charge in [0.05, 0.1) is 16.9 Å². The van der Waals surface area contributed by atoms with Crippen LogP contribution in [0.2, 0.25) is 5.02 Å². The predicted molar refractivity (Wildman–Crippen MR) is 98.1 cm³/mol. The number of carbonyl (C=O) groups excluding carboxylic acids is 1. The van der Waals surface area contributed by atoms with Gasteiger partial charge in [0.25, 0.3) is 5.91 Å². The van der Waals surface area contributed by atoms with Crippen molar-refractivity contribution in [2.24, 2.45) is 0 Å². The van der Waals surface area contributed by atoms with E-state index in [1.165, 1.54) is 12.1 Å². The minimum atomic E-state index is -0.477. The molecule has 0 aliphatic carbocycles. The van der Waals surface area contributed by atoms with Crippen LogP contribution in [0, 0.1) is 12.7 Å². The van der Waals surface area contributed by atoms with Gasteiger partial charge < -0.3 is 10.6 Å². The highest BCUT2D eigenvalue weighted by Gasteiger charge is 2.06. The number of aryl methyl sites for hydroxylation is 1. The molecule has 4 nitrogen and oxygen atoms in total. The molecule has 2 N–H and O–H groups in total. The van der Waals surface area contributed by atoms with E-state index >= 15 is 0 Å². The molecule has 3 aromatic rings. The van der Waals surface area contributed by atoms with E-state index in [-0.39, 0.29) is 10.9 Å². The molecule has 3 rings (SSSR count). The monoisotopic (exact) mass is 355 g/mol. The third kappa shape index (κ3) is 4.33. The molecule has 2 aromatic carbocycles. The van der Waals surface area contributed by atoms with Gasteiger partial charge in [0.2, 0.25) is 0 Å². The molecule has 126 valence electrons. The van der Waals surface area contributed by atoms with Crippen molar-refractivity contribution in [2.75, 3.05) is 10.6 Å². The first kappa shape index (κ1) is 16.9. The highest BCUT2D eigenvalue weighted by molar-refractivity contribution is 6.31. The van der Waals surface area contributed by atoms with E-state index in [2.05, 4.69) is 15.6 Å². The van der Waals surface area contributed by atoms with E-state index in [1.807, 2.05) is 19.1 Å². The smallest absolute Gasteiger partial charge is 0.255 e. The summed E-state index contributed by atoms with van der Waals surface area (Å²) in [6.45, 7) is 1.96. The van der Waals surface area contributed by atoms with E-state index in [0.717, 1.165) is 5.56 Å². The molecule has 0 radical (unpaired) electrons. The topological polar surface area (TPSA) is 54.0 Å².